The monoisotopic (exact) mass is 640 g/mol. The summed E-state index contributed by atoms with van der Waals surface area (Å²) in [4.78, 5) is 45.4. The second-order valence-corrected chi connectivity index (χ2v) is 12.5. The highest BCUT2D eigenvalue weighted by Gasteiger charge is 2.33. The first-order valence-corrected chi connectivity index (χ1v) is 16.1. The van der Waals surface area contributed by atoms with Crippen molar-refractivity contribution in [1.82, 2.24) is 19.9 Å². The van der Waals surface area contributed by atoms with Crippen molar-refractivity contribution in [1.29, 1.82) is 0 Å². The van der Waals surface area contributed by atoms with Gasteiger partial charge in [0.05, 0.1) is 18.0 Å². The highest BCUT2D eigenvalue weighted by Crippen LogP contribution is 2.30. The summed E-state index contributed by atoms with van der Waals surface area (Å²) in [6, 6.07) is 23.6. The number of thiazole rings is 1. The Hall–Kier alpha value is -4.61. The number of carbonyl (C=O) groups is 2. The fourth-order valence-corrected chi connectivity index (χ4v) is 6.37. The van der Waals surface area contributed by atoms with Gasteiger partial charge in [0, 0.05) is 47.8 Å². The Morgan fingerprint density at radius 3 is 2.22 bits per heavy atom. The second-order valence-electron chi connectivity index (χ2n) is 10.6. The number of rotatable bonds is 11. The van der Waals surface area contributed by atoms with Crippen molar-refractivity contribution in [2.24, 2.45) is 0 Å². The van der Waals surface area contributed by atoms with Crippen molar-refractivity contribution < 1.29 is 14.0 Å². The summed E-state index contributed by atoms with van der Waals surface area (Å²) < 4.78 is 14.0. The minimum absolute atomic E-state index is 0.0116. The van der Waals surface area contributed by atoms with Crippen molar-refractivity contribution in [3.8, 4) is 11.3 Å². The Morgan fingerprint density at radius 2 is 1.58 bits per heavy atom. The number of amides is 2. The van der Waals surface area contributed by atoms with E-state index in [1.807, 2.05) is 86.8 Å². The van der Waals surface area contributed by atoms with E-state index in [9.17, 15) is 14.0 Å². The third kappa shape index (κ3) is 8.31. The first-order valence-electron chi connectivity index (χ1n) is 14.2. The molecule has 0 saturated heterocycles. The Bertz CT molecular complexity index is 1740. The maximum absolute atomic E-state index is 14.1. The maximum atomic E-state index is 14.1. The van der Waals surface area contributed by atoms with E-state index in [1.54, 1.807) is 12.1 Å². The van der Waals surface area contributed by atoms with Crippen molar-refractivity contribution in [3.63, 3.8) is 0 Å². The van der Waals surface area contributed by atoms with Crippen molar-refractivity contribution in [2.75, 3.05) is 30.1 Å². The van der Waals surface area contributed by atoms with Crippen LogP contribution in [-0.4, -0.2) is 51.5 Å². The number of aryl methyl sites for hydroxylation is 2. The third-order valence-corrected chi connectivity index (χ3v) is 8.60. The van der Waals surface area contributed by atoms with Gasteiger partial charge in [0.15, 0.2) is 5.16 Å². The molecule has 0 saturated carbocycles. The van der Waals surface area contributed by atoms with Crippen LogP contribution in [0.5, 0.6) is 0 Å². The number of hydrogen-bond donors (Lipinski definition) is 1. The lowest BCUT2D eigenvalue weighted by Crippen LogP contribution is -2.41. The van der Waals surface area contributed by atoms with Crippen LogP contribution in [0.1, 0.15) is 28.0 Å². The highest BCUT2D eigenvalue weighted by atomic mass is 32.2. The molecular weight excluding hydrogens is 608 g/mol. The normalized spacial score (nSPS) is 11.6. The number of anilines is 2. The standard InChI is InChI=1S/C34H33FN6O2S2/c1-22-18-23(2)37-34(36-22)45-21-31(42)41(19-30-39-29(20-44-30)24-8-6-5-7-9-24)32(25-10-12-26(35)13-11-25)33(43)38-27-14-16-28(17-15-27)40(3)4/h5-18,20,32H,19,21H2,1-4H3,(H,38,43)/t32-/m1/s1. The van der Waals surface area contributed by atoms with Crippen LogP contribution in [0.3, 0.4) is 0 Å². The fraction of sp³-hybridized carbons (Fsp3) is 0.206. The predicted molar refractivity (Wildman–Crippen MR) is 179 cm³/mol. The molecule has 0 aliphatic rings. The molecule has 11 heteroatoms. The summed E-state index contributed by atoms with van der Waals surface area (Å²) in [7, 11) is 3.87. The van der Waals surface area contributed by atoms with Crippen LogP contribution in [0.15, 0.2) is 95.5 Å². The van der Waals surface area contributed by atoms with Gasteiger partial charge in [-0.15, -0.1) is 11.3 Å². The predicted octanol–water partition coefficient (Wildman–Crippen LogP) is 6.92. The van der Waals surface area contributed by atoms with Crippen LogP contribution in [0.25, 0.3) is 11.3 Å². The molecule has 1 atom stereocenters. The number of halogens is 1. The number of nitrogens with zero attached hydrogens (tertiary/aromatic N) is 5. The molecule has 5 rings (SSSR count). The molecule has 2 aromatic heterocycles. The fourth-order valence-electron chi connectivity index (χ4n) is 4.73. The number of carbonyl (C=O) groups excluding carboxylic acids is 2. The Labute approximate surface area is 270 Å². The van der Waals surface area contributed by atoms with E-state index in [1.165, 1.54) is 52.3 Å². The van der Waals surface area contributed by atoms with Gasteiger partial charge in [0.1, 0.15) is 16.9 Å². The van der Waals surface area contributed by atoms with Gasteiger partial charge in [-0.05, 0) is 61.9 Å². The van der Waals surface area contributed by atoms with Crippen molar-refractivity contribution in [3.05, 3.63) is 118 Å². The van der Waals surface area contributed by atoms with Crippen molar-refractivity contribution >= 4 is 46.3 Å². The molecule has 0 fully saturated rings. The summed E-state index contributed by atoms with van der Waals surface area (Å²) in [6.45, 7) is 3.82. The molecule has 2 heterocycles. The van der Waals surface area contributed by atoms with E-state index < -0.39 is 17.8 Å². The van der Waals surface area contributed by atoms with Gasteiger partial charge in [-0.25, -0.2) is 19.3 Å². The van der Waals surface area contributed by atoms with Crippen LogP contribution in [0, 0.1) is 19.7 Å². The lowest BCUT2D eigenvalue weighted by atomic mass is 10.0. The molecule has 0 unspecified atom stereocenters. The quantitative estimate of drug-likeness (QED) is 0.124. The molecule has 0 aliphatic carbocycles. The lowest BCUT2D eigenvalue weighted by molar-refractivity contribution is -0.137. The van der Waals surface area contributed by atoms with Crippen LogP contribution < -0.4 is 10.2 Å². The second kappa shape index (κ2) is 14.4. The minimum atomic E-state index is -1.07. The summed E-state index contributed by atoms with van der Waals surface area (Å²) >= 11 is 2.62. The minimum Gasteiger partial charge on any atom is -0.378 e. The SMILES string of the molecule is Cc1cc(C)nc(SCC(=O)N(Cc2nc(-c3ccccc3)cs2)[C@@H](C(=O)Nc2ccc(N(C)C)cc2)c2ccc(F)cc2)n1. The molecule has 0 radical (unpaired) electrons. The van der Waals surface area contributed by atoms with E-state index in [2.05, 4.69) is 15.3 Å². The number of aromatic nitrogens is 3. The zero-order valence-electron chi connectivity index (χ0n) is 25.4. The summed E-state index contributed by atoms with van der Waals surface area (Å²) in [5, 5.41) is 6.04. The van der Waals surface area contributed by atoms with Crippen LogP contribution >= 0.6 is 23.1 Å². The Kier molecular flexibility index (Phi) is 10.2. The smallest absolute Gasteiger partial charge is 0.251 e. The highest BCUT2D eigenvalue weighted by molar-refractivity contribution is 7.99. The molecule has 5 aromatic rings. The van der Waals surface area contributed by atoms with E-state index in [-0.39, 0.29) is 18.2 Å². The maximum Gasteiger partial charge on any atom is 0.251 e. The molecule has 0 bridgehead atoms. The first kappa shape index (κ1) is 31.8. The average molecular weight is 641 g/mol. The van der Waals surface area contributed by atoms with Crippen LogP contribution in [0.2, 0.25) is 0 Å². The van der Waals surface area contributed by atoms with Gasteiger partial charge in [0.2, 0.25) is 5.91 Å². The number of benzene rings is 3. The first-order chi connectivity index (χ1) is 21.7. The van der Waals surface area contributed by atoms with E-state index in [4.69, 9.17) is 4.98 Å². The van der Waals surface area contributed by atoms with Gasteiger partial charge in [-0.1, -0.05) is 54.2 Å². The molecule has 1 N–H and O–H groups in total. The third-order valence-electron chi connectivity index (χ3n) is 6.93. The number of hydrogen-bond acceptors (Lipinski definition) is 8. The summed E-state index contributed by atoms with van der Waals surface area (Å²) in [6.07, 6.45) is 0. The average Bonchev–Trinajstić information content (AvgIpc) is 3.49. The lowest BCUT2D eigenvalue weighted by Gasteiger charge is -2.31. The summed E-state index contributed by atoms with van der Waals surface area (Å²) in [5.41, 5.74) is 5.36. The molecule has 0 aliphatic heterocycles. The molecule has 3 aromatic carbocycles. The largest absolute Gasteiger partial charge is 0.378 e. The van der Waals surface area contributed by atoms with Crippen molar-refractivity contribution in [2.45, 2.75) is 31.6 Å². The molecule has 230 valence electrons. The van der Waals surface area contributed by atoms with Crippen LogP contribution in [-0.2, 0) is 16.1 Å². The summed E-state index contributed by atoms with van der Waals surface area (Å²) in [5.74, 6) is -1.20. The van der Waals surface area contributed by atoms with Gasteiger partial charge in [0.25, 0.3) is 5.91 Å². The topological polar surface area (TPSA) is 91.3 Å². The molecular formula is C34H33FN6O2S2. The van der Waals surface area contributed by atoms with Gasteiger partial charge >= 0.3 is 0 Å². The number of nitrogens with one attached hydrogen (secondary N) is 1. The molecule has 2 amide bonds. The number of thioether (sulfide) groups is 1. The van der Waals surface area contributed by atoms with E-state index >= 15 is 0 Å². The molecule has 8 nitrogen and oxygen atoms in total. The zero-order valence-corrected chi connectivity index (χ0v) is 27.0. The Morgan fingerprint density at radius 1 is 0.911 bits per heavy atom. The van der Waals surface area contributed by atoms with E-state index in [0.717, 1.165) is 28.3 Å². The van der Waals surface area contributed by atoms with Crippen LogP contribution in [0.4, 0.5) is 15.8 Å². The van der Waals surface area contributed by atoms with Gasteiger partial charge in [-0.3, -0.25) is 9.59 Å². The van der Waals surface area contributed by atoms with Gasteiger partial charge < -0.3 is 15.1 Å². The van der Waals surface area contributed by atoms with E-state index in [0.29, 0.717) is 21.4 Å². The Balaban J connectivity index is 1.49. The molecule has 0 spiro atoms. The molecule has 45 heavy (non-hydrogen) atoms. The van der Waals surface area contributed by atoms with Gasteiger partial charge in [-0.2, -0.15) is 0 Å². The zero-order chi connectivity index (χ0) is 31.9.